The normalized spacial score (nSPS) is 15.6. The van der Waals surface area contributed by atoms with E-state index in [0.29, 0.717) is 0 Å². The number of benzene rings is 1. The van der Waals surface area contributed by atoms with Crippen molar-refractivity contribution >= 4 is 17.4 Å². The van der Waals surface area contributed by atoms with E-state index < -0.39 is 23.2 Å². The molecule has 0 saturated heterocycles. The van der Waals surface area contributed by atoms with Gasteiger partial charge in [0.2, 0.25) is 0 Å². The summed E-state index contributed by atoms with van der Waals surface area (Å²) in [6.07, 6.45) is -0.729. The number of hydrogen-bond donors (Lipinski definition) is 1. The van der Waals surface area contributed by atoms with Crippen LogP contribution in [-0.4, -0.2) is 16.3 Å². The Bertz CT molecular complexity index is 375. The number of rotatable bonds is 4. The van der Waals surface area contributed by atoms with Gasteiger partial charge < -0.3 is 5.11 Å². The lowest BCUT2D eigenvalue weighted by Gasteiger charge is -2.31. The molecule has 5 heteroatoms. The Morgan fingerprint density at radius 1 is 1.38 bits per heavy atom. The number of carbonyl (C=O) groups excluding carboxylic acids is 1. The lowest BCUT2D eigenvalue weighted by Crippen LogP contribution is -2.43. The van der Waals surface area contributed by atoms with E-state index in [1.54, 1.807) is 6.07 Å². The number of Topliss-reactive ketones (excluding diaryl/α,β-unsaturated/α-hetero) is 1. The van der Waals surface area contributed by atoms with Crippen molar-refractivity contribution in [2.45, 2.75) is 24.3 Å². The summed E-state index contributed by atoms with van der Waals surface area (Å²) in [5.74, 6) is -0.563. The van der Waals surface area contributed by atoms with E-state index in [9.17, 15) is 18.7 Å². The summed E-state index contributed by atoms with van der Waals surface area (Å²) < 4.78 is 26.4. The van der Waals surface area contributed by atoms with Gasteiger partial charge in [-0.1, -0.05) is 30.3 Å². The molecular weight excluding hydrogens is 238 g/mol. The highest BCUT2D eigenvalue weighted by Crippen LogP contribution is 2.43. The second-order valence-corrected chi connectivity index (χ2v) is 4.08. The molecule has 16 heavy (non-hydrogen) atoms. The number of hydrogen-bond acceptors (Lipinski definition) is 2. The first-order chi connectivity index (χ1) is 7.27. The number of alkyl halides is 3. The van der Waals surface area contributed by atoms with E-state index in [1.807, 2.05) is 0 Å². The predicted molar refractivity (Wildman–Crippen MR) is 56.4 cm³/mol. The molecule has 0 bridgehead atoms. The molecule has 0 aliphatic carbocycles. The van der Waals surface area contributed by atoms with E-state index in [4.69, 9.17) is 11.6 Å². The smallest absolute Gasteiger partial charge is 0.354 e. The molecule has 1 N–H and O–H groups in total. The first-order valence-corrected chi connectivity index (χ1v) is 4.99. The summed E-state index contributed by atoms with van der Waals surface area (Å²) in [4.78, 5) is 10.9. The van der Waals surface area contributed by atoms with Crippen LogP contribution in [0.3, 0.4) is 0 Å². The van der Waals surface area contributed by atoms with Gasteiger partial charge in [-0.2, -0.15) is 8.78 Å². The van der Waals surface area contributed by atoms with Crippen LogP contribution in [-0.2, 0) is 10.4 Å². The van der Waals surface area contributed by atoms with Crippen LogP contribution in [0.15, 0.2) is 30.3 Å². The van der Waals surface area contributed by atoms with Crippen LogP contribution < -0.4 is 0 Å². The summed E-state index contributed by atoms with van der Waals surface area (Å²) in [6.45, 7) is 1.12. The van der Waals surface area contributed by atoms with Crippen molar-refractivity contribution in [3.05, 3.63) is 35.9 Å². The number of ketones is 1. The van der Waals surface area contributed by atoms with Crippen molar-refractivity contribution in [2.75, 3.05) is 0 Å². The Kier molecular flexibility index (Phi) is 3.65. The van der Waals surface area contributed by atoms with Crippen molar-refractivity contribution in [3.63, 3.8) is 0 Å². The number of carbonyl (C=O) groups is 1. The van der Waals surface area contributed by atoms with Gasteiger partial charge >= 0.3 is 5.38 Å². The number of aliphatic hydroxyl groups is 1. The Balaban J connectivity index is 3.21. The average Bonchev–Trinajstić information content (AvgIpc) is 2.16. The maximum Gasteiger partial charge on any atom is 0.354 e. The molecule has 0 aliphatic heterocycles. The zero-order valence-corrected chi connectivity index (χ0v) is 9.34. The largest absolute Gasteiger partial charge is 0.377 e. The Labute approximate surface area is 96.8 Å². The highest BCUT2D eigenvalue weighted by atomic mass is 35.5. The summed E-state index contributed by atoms with van der Waals surface area (Å²) >= 11 is 4.88. The van der Waals surface area contributed by atoms with Crippen molar-refractivity contribution < 1.29 is 18.7 Å². The summed E-state index contributed by atoms with van der Waals surface area (Å²) in [5, 5.41) is 5.98. The topological polar surface area (TPSA) is 37.3 Å². The zero-order chi connectivity index (χ0) is 12.4. The molecule has 88 valence electrons. The Morgan fingerprint density at radius 3 is 2.25 bits per heavy atom. The molecule has 1 aromatic carbocycles. The van der Waals surface area contributed by atoms with Gasteiger partial charge in [0.15, 0.2) is 5.60 Å². The second kappa shape index (κ2) is 4.47. The zero-order valence-electron chi connectivity index (χ0n) is 8.58. The standard InChI is InChI=1S/C11H11ClF2O2/c1-8(15)7-10(16,11(12,13)14)9-5-3-2-4-6-9/h2-6,16H,7H2,1H3/t10-/m0/s1. The predicted octanol–water partition coefficient (Wildman–Crippen LogP) is 2.68. The van der Waals surface area contributed by atoms with Gasteiger partial charge in [-0.15, -0.1) is 0 Å². The maximum absolute atomic E-state index is 13.2. The molecule has 0 fully saturated rings. The average molecular weight is 249 g/mol. The molecular formula is C11H11ClF2O2. The highest BCUT2D eigenvalue weighted by molar-refractivity contribution is 6.22. The van der Waals surface area contributed by atoms with E-state index in [1.165, 1.54) is 24.3 Å². The van der Waals surface area contributed by atoms with Gasteiger partial charge in [-0.3, -0.25) is 4.79 Å². The third-order valence-electron chi connectivity index (χ3n) is 2.23. The van der Waals surface area contributed by atoms with E-state index in [-0.39, 0.29) is 5.56 Å². The van der Waals surface area contributed by atoms with Gasteiger partial charge in [-0.25, -0.2) is 0 Å². The molecule has 0 radical (unpaired) electrons. The van der Waals surface area contributed by atoms with Crippen molar-refractivity contribution in [1.29, 1.82) is 0 Å². The molecule has 0 heterocycles. The summed E-state index contributed by atoms with van der Waals surface area (Å²) in [7, 11) is 0. The SMILES string of the molecule is CC(=O)C[C@](O)(c1ccccc1)C(F)(F)Cl. The third kappa shape index (κ3) is 2.57. The molecule has 1 aromatic rings. The maximum atomic E-state index is 13.2. The molecule has 0 amide bonds. The van der Waals surface area contributed by atoms with Crippen molar-refractivity contribution in [1.82, 2.24) is 0 Å². The minimum Gasteiger partial charge on any atom is -0.377 e. The minimum absolute atomic E-state index is 0.0785. The van der Waals surface area contributed by atoms with E-state index >= 15 is 0 Å². The van der Waals surface area contributed by atoms with Crippen LogP contribution in [0.5, 0.6) is 0 Å². The van der Waals surface area contributed by atoms with Crippen LogP contribution in [0.4, 0.5) is 8.78 Å². The van der Waals surface area contributed by atoms with Gasteiger partial charge in [0.25, 0.3) is 0 Å². The molecule has 1 rings (SSSR count). The lowest BCUT2D eigenvalue weighted by molar-refractivity contribution is -0.150. The van der Waals surface area contributed by atoms with E-state index in [0.717, 1.165) is 6.92 Å². The Hall–Kier alpha value is -1.00. The minimum atomic E-state index is -3.90. The van der Waals surface area contributed by atoms with Gasteiger partial charge in [0.05, 0.1) is 0 Å². The van der Waals surface area contributed by atoms with Gasteiger partial charge in [0, 0.05) is 6.42 Å². The molecule has 2 nitrogen and oxygen atoms in total. The van der Waals surface area contributed by atoms with Crippen LogP contribution in [0.2, 0.25) is 0 Å². The van der Waals surface area contributed by atoms with Crippen LogP contribution >= 0.6 is 11.6 Å². The van der Waals surface area contributed by atoms with Crippen LogP contribution in [0, 0.1) is 0 Å². The molecule has 0 saturated carbocycles. The van der Waals surface area contributed by atoms with E-state index in [2.05, 4.69) is 0 Å². The second-order valence-electron chi connectivity index (χ2n) is 3.60. The fourth-order valence-corrected chi connectivity index (χ4v) is 1.62. The third-order valence-corrected chi connectivity index (χ3v) is 2.54. The summed E-state index contributed by atoms with van der Waals surface area (Å²) in [6, 6.07) is 7.20. The molecule has 0 aliphatic rings. The number of halogens is 3. The fraction of sp³-hybridized carbons (Fsp3) is 0.364. The molecule has 0 spiro atoms. The van der Waals surface area contributed by atoms with Gasteiger partial charge in [0.1, 0.15) is 5.78 Å². The molecule has 0 unspecified atom stereocenters. The first-order valence-electron chi connectivity index (χ1n) is 4.61. The van der Waals surface area contributed by atoms with Gasteiger partial charge in [-0.05, 0) is 24.1 Å². The fourth-order valence-electron chi connectivity index (χ4n) is 1.44. The summed E-state index contributed by atoms with van der Waals surface area (Å²) in [5.41, 5.74) is -2.74. The quantitative estimate of drug-likeness (QED) is 0.832. The monoisotopic (exact) mass is 248 g/mol. The van der Waals surface area contributed by atoms with Crippen molar-refractivity contribution in [3.8, 4) is 0 Å². The van der Waals surface area contributed by atoms with Crippen LogP contribution in [0.1, 0.15) is 18.9 Å². The first kappa shape index (κ1) is 13.1. The molecule has 1 atom stereocenters. The van der Waals surface area contributed by atoms with Crippen molar-refractivity contribution in [2.24, 2.45) is 0 Å². The Morgan fingerprint density at radius 2 is 1.88 bits per heavy atom. The van der Waals surface area contributed by atoms with Crippen LogP contribution in [0.25, 0.3) is 0 Å². The highest BCUT2D eigenvalue weighted by Gasteiger charge is 2.53. The lowest BCUT2D eigenvalue weighted by atomic mass is 9.89. The molecule has 0 aromatic heterocycles.